The Balaban J connectivity index is 1.89. The van der Waals surface area contributed by atoms with Gasteiger partial charge < -0.3 is 9.64 Å². The summed E-state index contributed by atoms with van der Waals surface area (Å²) in [5.41, 5.74) is 0. The van der Waals surface area contributed by atoms with E-state index in [1.165, 1.54) is 6.42 Å². The molecule has 4 heteroatoms. The molecule has 0 N–H and O–H groups in total. The lowest BCUT2D eigenvalue weighted by atomic mass is 10.00. The molecule has 0 spiro atoms. The van der Waals surface area contributed by atoms with E-state index < -0.39 is 0 Å². The molecule has 19 heavy (non-hydrogen) atoms. The molecule has 0 saturated carbocycles. The number of rotatable bonds is 4. The van der Waals surface area contributed by atoms with Crippen molar-refractivity contribution in [1.82, 2.24) is 4.90 Å². The molecule has 1 aliphatic rings. The zero-order valence-corrected chi connectivity index (χ0v) is 12.9. The van der Waals surface area contributed by atoms with Gasteiger partial charge in [0, 0.05) is 17.1 Å². The molecule has 1 aliphatic heterocycles. The molecule has 0 radical (unpaired) electrons. The number of hydrogen-bond acceptors (Lipinski definition) is 2. The number of carbonyl (C=O) groups is 1. The summed E-state index contributed by atoms with van der Waals surface area (Å²) in [6, 6.07) is 7.98. The summed E-state index contributed by atoms with van der Waals surface area (Å²) in [6.45, 7) is 3.15. The number of hydrogen-bond donors (Lipinski definition) is 0. The molecule has 1 saturated heterocycles. The molecule has 1 aromatic rings. The zero-order chi connectivity index (χ0) is 13.7. The fourth-order valence-corrected chi connectivity index (χ4v) is 2.92. The van der Waals surface area contributed by atoms with E-state index in [0.717, 1.165) is 36.0 Å². The summed E-state index contributed by atoms with van der Waals surface area (Å²) in [6.07, 6.45) is 4.50. The van der Waals surface area contributed by atoms with Crippen LogP contribution in [0.2, 0.25) is 0 Å². The van der Waals surface area contributed by atoms with E-state index in [0.29, 0.717) is 6.04 Å². The second kappa shape index (κ2) is 6.94. The SMILES string of the molecule is CCC1CCCCN1C(=O)COc1cccc(Br)c1. The first-order valence-corrected chi connectivity index (χ1v) is 7.68. The molecule has 2 rings (SSSR count). The van der Waals surface area contributed by atoms with Crippen LogP contribution in [-0.2, 0) is 4.79 Å². The van der Waals surface area contributed by atoms with E-state index in [1.807, 2.05) is 29.2 Å². The molecule has 1 fully saturated rings. The van der Waals surface area contributed by atoms with Crippen LogP contribution in [0, 0.1) is 0 Å². The number of halogens is 1. The summed E-state index contributed by atoms with van der Waals surface area (Å²) in [5.74, 6) is 0.833. The van der Waals surface area contributed by atoms with Gasteiger partial charge in [-0.15, -0.1) is 0 Å². The normalized spacial score (nSPS) is 19.3. The number of nitrogens with zero attached hydrogens (tertiary/aromatic N) is 1. The van der Waals surface area contributed by atoms with Crippen LogP contribution < -0.4 is 4.74 Å². The van der Waals surface area contributed by atoms with Gasteiger partial charge in [-0.3, -0.25) is 4.79 Å². The quantitative estimate of drug-likeness (QED) is 0.846. The van der Waals surface area contributed by atoms with E-state index in [1.54, 1.807) is 0 Å². The summed E-state index contributed by atoms with van der Waals surface area (Å²) in [7, 11) is 0. The average Bonchev–Trinajstić information content (AvgIpc) is 2.45. The number of benzene rings is 1. The average molecular weight is 326 g/mol. The van der Waals surface area contributed by atoms with Gasteiger partial charge in [-0.1, -0.05) is 28.9 Å². The predicted octanol–water partition coefficient (Wildman–Crippen LogP) is 3.62. The van der Waals surface area contributed by atoms with Crippen molar-refractivity contribution in [2.45, 2.75) is 38.6 Å². The second-order valence-corrected chi connectivity index (χ2v) is 5.81. The standard InChI is InChI=1S/C15H20BrNO2/c1-2-13-7-3-4-9-17(13)15(18)11-19-14-8-5-6-12(16)10-14/h5-6,8,10,13H,2-4,7,9,11H2,1H3. The molecule has 104 valence electrons. The van der Waals surface area contributed by atoms with Crippen LogP contribution in [0.25, 0.3) is 0 Å². The topological polar surface area (TPSA) is 29.5 Å². The number of ether oxygens (including phenoxy) is 1. The van der Waals surface area contributed by atoms with Gasteiger partial charge in [0.05, 0.1) is 0 Å². The van der Waals surface area contributed by atoms with Crippen molar-refractivity contribution in [2.24, 2.45) is 0 Å². The van der Waals surface area contributed by atoms with Crippen molar-refractivity contribution in [3.05, 3.63) is 28.7 Å². The van der Waals surface area contributed by atoms with Crippen molar-refractivity contribution in [3.8, 4) is 5.75 Å². The molecule has 0 aromatic heterocycles. The monoisotopic (exact) mass is 325 g/mol. The predicted molar refractivity (Wildman–Crippen MR) is 79.3 cm³/mol. The van der Waals surface area contributed by atoms with E-state index in [-0.39, 0.29) is 12.5 Å². The molecule has 0 bridgehead atoms. The first kappa shape index (κ1) is 14.4. The lowest BCUT2D eigenvalue weighted by molar-refractivity contribution is -0.137. The molecule has 0 aliphatic carbocycles. The minimum atomic E-state index is 0.103. The maximum atomic E-state index is 12.2. The maximum Gasteiger partial charge on any atom is 0.260 e. The Morgan fingerprint density at radius 3 is 3.05 bits per heavy atom. The smallest absolute Gasteiger partial charge is 0.260 e. The summed E-state index contributed by atoms with van der Waals surface area (Å²) < 4.78 is 6.53. The van der Waals surface area contributed by atoms with Gasteiger partial charge in [-0.05, 0) is 43.9 Å². The van der Waals surface area contributed by atoms with Gasteiger partial charge in [-0.25, -0.2) is 0 Å². The molecule has 1 heterocycles. The lowest BCUT2D eigenvalue weighted by Gasteiger charge is -2.35. The third-order valence-corrected chi connectivity index (χ3v) is 4.07. The Morgan fingerprint density at radius 2 is 2.32 bits per heavy atom. The van der Waals surface area contributed by atoms with Crippen molar-refractivity contribution < 1.29 is 9.53 Å². The summed E-state index contributed by atoms with van der Waals surface area (Å²) in [4.78, 5) is 14.2. The number of likely N-dealkylation sites (tertiary alicyclic amines) is 1. The van der Waals surface area contributed by atoms with E-state index >= 15 is 0 Å². The van der Waals surface area contributed by atoms with Gasteiger partial charge in [0.1, 0.15) is 5.75 Å². The third-order valence-electron chi connectivity index (χ3n) is 3.58. The van der Waals surface area contributed by atoms with Crippen molar-refractivity contribution >= 4 is 21.8 Å². The molecular formula is C15H20BrNO2. The molecule has 1 unspecified atom stereocenters. The van der Waals surface area contributed by atoms with E-state index in [9.17, 15) is 4.79 Å². The van der Waals surface area contributed by atoms with Crippen LogP contribution >= 0.6 is 15.9 Å². The van der Waals surface area contributed by atoms with Crippen LogP contribution in [0.3, 0.4) is 0 Å². The maximum absolute atomic E-state index is 12.2. The van der Waals surface area contributed by atoms with E-state index in [4.69, 9.17) is 4.74 Å². The minimum Gasteiger partial charge on any atom is -0.484 e. The lowest BCUT2D eigenvalue weighted by Crippen LogP contribution is -2.45. The number of amides is 1. The highest BCUT2D eigenvalue weighted by atomic mass is 79.9. The minimum absolute atomic E-state index is 0.103. The molecule has 1 amide bonds. The van der Waals surface area contributed by atoms with Gasteiger partial charge in [0.2, 0.25) is 0 Å². The van der Waals surface area contributed by atoms with Crippen molar-refractivity contribution in [1.29, 1.82) is 0 Å². The molecule has 1 atom stereocenters. The number of carbonyl (C=O) groups excluding carboxylic acids is 1. The Morgan fingerprint density at radius 1 is 1.47 bits per heavy atom. The molecule has 1 aromatic carbocycles. The zero-order valence-electron chi connectivity index (χ0n) is 11.3. The molecular weight excluding hydrogens is 306 g/mol. The highest BCUT2D eigenvalue weighted by Crippen LogP contribution is 2.21. The second-order valence-electron chi connectivity index (χ2n) is 4.89. The van der Waals surface area contributed by atoms with Crippen LogP contribution in [0.5, 0.6) is 5.75 Å². The fourth-order valence-electron chi connectivity index (χ4n) is 2.54. The first-order chi connectivity index (χ1) is 9.20. The van der Waals surface area contributed by atoms with Crippen LogP contribution in [0.4, 0.5) is 0 Å². The summed E-state index contributed by atoms with van der Waals surface area (Å²) in [5, 5.41) is 0. The van der Waals surface area contributed by atoms with Gasteiger partial charge in [0.15, 0.2) is 6.61 Å². The van der Waals surface area contributed by atoms with Gasteiger partial charge >= 0.3 is 0 Å². The van der Waals surface area contributed by atoms with Crippen LogP contribution in [0.1, 0.15) is 32.6 Å². The van der Waals surface area contributed by atoms with Gasteiger partial charge in [-0.2, -0.15) is 0 Å². The third kappa shape index (κ3) is 3.96. The summed E-state index contributed by atoms with van der Waals surface area (Å²) >= 11 is 3.39. The molecule has 3 nitrogen and oxygen atoms in total. The highest BCUT2D eigenvalue weighted by Gasteiger charge is 2.25. The Kier molecular flexibility index (Phi) is 5.25. The Bertz CT molecular complexity index is 436. The fraction of sp³-hybridized carbons (Fsp3) is 0.533. The highest BCUT2D eigenvalue weighted by molar-refractivity contribution is 9.10. The Hall–Kier alpha value is -1.03. The van der Waals surface area contributed by atoms with Crippen LogP contribution in [0.15, 0.2) is 28.7 Å². The van der Waals surface area contributed by atoms with Crippen molar-refractivity contribution in [2.75, 3.05) is 13.2 Å². The largest absolute Gasteiger partial charge is 0.484 e. The Labute approximate surface area is 123 Å². The first-order valence-electron chi connectivity index (χ1n) is 6.88. The number of piperidine rings is 1. The van der Waals surface area contributed by atoms with Crippen LogP contribution in [-0.4, -0.2) is 30.0 Å². The van der Waals surface area contributed by atoms with Gasteiger partial charge in [0.25, 0.3) is 5.91 Å². The van der Waals surface area contributed by atoms with Crippen molar-refractivity contribution in [3.63, 3.8) is 0 Å². The van der Waals surface area contributed by atoms with E-state index in [2.05, 4.69) is 22.9 Å².